The summed E-state index contributed by atoms with van der Waals surface area (Å²) in [5.41, 5.74) is 1.55. The Balaban J connectivity index is 1.43. The van der Waals surface area contributed by atoms with E-state index in [0.717, 1.165) is 5.56 Å². The molecule has 1 aromatic heterocycles. The van der Waals surface area contributed by atoms with Crippen LogP contribution in [0.4, 0.5) is 5.69 Å². The number of rotatable bonds is 7. The van der Waals surface area contributed by atoms with Crippen LogP contribution in [0.2, 0.25) is 5.02 Å². The smallest absolute Gasteiger partial charge is 0.253 e. The maximum absolute atomic E-state index is 13.1. The van der Waals surface area contributed by atoms with Crippen molar-refractivity contribution in [1.82, 2.24) is 14.6 Å². The van der Waals surface area contributed by atoms with E-state index in [0.29, 0.717) is 42.2 Å². The molecule has 1 aliphatic rings. The molecular formula is C25H25ClN4O4S. The van der Waals surface area contributed by atoms with Gasteiger partial charge in [-0.15, -0.1) is 0 Å². The molecule has 0 radical (unpaired) electrons. The molecule has 1 aliphatic heterocycles. The first-order valence-electron chi connectivity index (χ1n) is 11.2. The van der Waals surface area contributed by atoms with Crippen LogP contribution in [0.5, 0.6) is 0 Å². The summed E-state index contributed by atoms with van der Waals surface area (Å²) in [6.45, 7) is 0.698. The third-order valence-corrected chi connectivity index (χ3v) is 7.94. The highest BCUT2D eigenvalue weighted by atomic mass is 35.5. The molecule has 0 unspecified atom stereocenters. The predicted octanol–water partition coefficient (Wildman–Crippen LogP) is 3.70. The number of halogens is 1. The van der Waals surface area contributed by atoms with Crippen LogP contribution >= 0.6 is 11.6 Å². The Morgan fingerprint density at radius 1 is 1.06 bits per heavy atom. The van der Waals surface area contributed by atoms with Gasteiger partial charge in [0.05, 0.1) is 22.1 Å². The summed E-state index contributed by atoms with van der Waals surface area (Å²) >= 11 is 5.88. The average molecular weight is 513 g/mol. The fraction of sp³-hybridized carbons (Fsp3) is 0.240. The van der Waals surface area contributed by atoms with Gasteiger partial charge < -0.3 is 10.6 Å². The standard InChI is InChI=1S/C25H25ClN4O4S/c26-20-9-11-21(12-10-20)35(33,34)30-14-4-6-19(17-30)24(31)29-23-8-2-1-7-22(23)25(32)28-16-18-5-3-13-27-15-18/h1-3,5,7-13,15,19H,4,6,14,16-17H2,(H,28,32)(H,29,31)/t19-/m1/s1. The lowest BCUT2D eigenvalue weighted by Gasteiger charge is -2.31. The van der Waals surface area contributed by atoms with Gasteiger partial charge in [-0.05, 0) is 60.9 Å². The molecule has 2 aromatic carbocycles. The van der Waals surface area contributed by atoms with E-state index < -0.39 is 15.9 Å². The number of carbonyl (C=O) groups excluding carboxylic acids is 2. The molecule has 8 nitrogen and oxygen atoms in total. The Labute approximate surface area is 209 Å². The summed E-state index contributed by atoms with van der Waals surface area (Å²) in [5, 5.41) is 6.11. The van der Waals surface area contributed by atoms with Crippen molar-refractivity contribution < 1.29 is 18.0 Å². The van der Waals surface area contributed by atoms with E-state index in [-0.39, 0.29) is 23.3 Å². The van der Waals surface area contributed by atoms with Gasteiger partial charge in [0.1, 0.15) is 0 Å². The van der Waals surface area contributed by atoms with Gasteiger partial charge in [0.25, 0.3) is 5.91 Å². The van der Waals surface area contributed by atoms with E-state index in [1.165, 1.54) is 28.6 Å². The van der Waals surface area contributed by atoms with Crippen LogP contribution in [0.15, 0.2) is 78.0 Å². The second-order valence-corrected chi connectivity index (χ2v) is 10.6. The second-order valence-electron chi connectivity index (χ2n) is 8.23. The molecule has 2 heterocycles. The number of nitrogens with one attached hydrogen (secondary N) is 2. The van der Waals surface area contributed by atoms with Crippen molar-refractivity contribution in [2.45, 2.75) is 24.3 Å². The minimum absolute atomic E-state index is 0.0617. The first kappa shape index (κ1) is 24.8. The van der Waals surface area contributed by atoms with Crippen LogP contribution in [0.3, 0.4) is 0 Å². The summed E-state index contributed by atoms with van der Waals surface area (Å²) in [4.78, 5) is 30.0. The third-order valence-electron chi connectivity index (χ3n) is 5.81. The SMILES string of the molecule is O=C(NCc1cccnc1)c1ccccc1NC(=O)[C@@H]1CCCN(S(=O)(=O)c2ccc(Cl)cc2)C1. The number of hydrogen-bond acceptors (Lipinski definition) is 5. The minimum atomic E-state index is -3.75. The van der Waals surface area contributed by atoms with Gasteiger partial charge in [0.2, 0.25) is 15.9 Å². The lowest BCUT2D eigenvalue weighted by Crippen LogP contribution is -2.43. The Bertz CT molecular complexity index is 1300. The molecule has 10 heteroatoms. The van der Waals surface area contributed by atoms with Crippen molar-refractivity contribution in [3.05, 3.63) is 89.2 Å². The van der Waals surface area contributed by atoms with Gasteiger partial charge >= 0.3 is 0 Å². The number of hydrogen-bond donors (Lipinski definition) is 2. The van der Waals surface area contributed by atoms with Gasteiger partial charge in [-0.25, -0.2) is 8.42 Å². The quantitative estimate of drug-likeness (QED) is 0.501. The molecule has 0 saturated carbocycles. The summed E-state index contributed by atoms with van der Waals surface area (Å²) in [6, 6.07) is 16.3. The summed E-state index contributed by atoms with van der Waals surface area (Å²) in [5.74, 6) is -1.20. The Hall–Kier alpha value is -3.27. The molecule has 1 fully saturated rings. The van der Waals surface area contributed by atoms with Crippen LogP contribution in [-0.4, -0.2) is 42.6 Å². The van der Waals surface area contributed by atoms with E-state index in [9.17, 15) is 18.0 Å². The Kier molecular flexibility index (Phi) is 7.80. The number of sulfonamides is 1. The third kappa shape index (κ3) is 6.05. The van der Waals surface area contributed by atoms with Crippen LogP contribution < -0.4 is 10.6 Å². The number of nitrogens with zero attached hydrogens (tertiary/aromatic N) is 2. The number of aromatic nitrogens is 1. The van der Waals surface area contributed by atoms with Gasteiger partial charge in [-0.2, -0.15) is 4.31 Å². The van der Waals surface area contributed by atoms with Gasteiger partial charge in [-0.3, -0.25) is 14.6 Å². The molecule has 4 rings (SSSR count). The second kappa shape index (κ2) is 11.0. The molecule has 0 spiro atoms. The zero-order chi connectivity index (χ0) is 24.8. The summed E-state index contributed by atoms with van der Waals surface area (Å²) in [6.07, 6.45) is 4.43. The number of benzene rings is 2. The van der Waals surface area contributed by atoms with Crippen LogP contribution in [0, 0.1) is 5.92 Å². The van der Waals surface area contributed by atoms with E-state index in [2.05, 4.69) is 15.6 Å². The molecule has 1 atom stereocenters. The summed E-state index contributed by atoms with van der Waals surface area (Å²) < 4.78 is 27.4. The van der Waals surface area contributed by atoms with E-state index in [1.54, 1.807) is 42.7 Å². The first-order chi connectivity index (χ1) is 16.8. The van der Waals surface area contributed by atoms with E-state index >= 15 is 0 Å². The van der Waals surface area contributed by atoms with E-state index in [1.807, 2.05) is 6.07 Å². The van der Waals surface area contributed by atoms with Crippen molar-refractivity contribution >= 4 is 39.1 Å². The molecule has 1 saturated heterocycles. The molecule has 0 bridgehead atoms. The molecule has 182 valence electrons. The monoisotopic (exact) mass is 512 g/mol. The summed E-state index contributed by atoms with van der Waals surface area (Å²) in [7, 11) is -3.75. The highest BCUT2D eigenvalue weighted by Gasteiger charge is 2.33. The maximum Gasteiger partial charge on any atom is 0.253 e. The topological polar surface area (TPSA) is 108 Å². The molecule has 2 N–H and O–H groups in total. The molecule has 0 aliphatic carbocycles. The highest BCUT2D eigenvalue weighted by molar-refractivity contribution is 7.89. The number of anilines is 1. The first-order valence-corrected chi connectivity index (χ1v) is 13.0. The normalized spacial score (nSPS) is 16.4. The van der Waals surface area contributed by atoms with Crippen LogP contribution in [0.1, 0.15) is 28.8 Å². The highest BCUT2D eigenvalue weighted by Crippen LogP contribution is 2.26. The molecule has 35 heavy (non-hydrogen) atoms. The minimum Gasteiger partial charge on any atom is -0.348 e. The van der Waals surface area contributed by atoms with Crippen LogP contribution in [-0.2, 0) is 21.4 Å². The zero-order valence-corrected chi connectivity index (χ0v) is 20.4. The van der Waals surface area contributed by atoms with E-state index in [4.69, 9.17) is 11.6 Å². The van der Waals surface area contributed by atoms with Crippen molar-refractivity contribution in [1.29, 1.82) is 0 Å². The average Bonchev–Trinajstić information content (AvgIpc) is 2.88. The lowest BCUT2D eigenvalue weighted by atomic mass is 9.98. The lowest BCUT2D eigenvalue weighted by molar-refractivity contribution is -0.120. The van der Waals surface area contributed by atoms with Gasteiger partial charge in [0, 0.05) is 37.1 Å². The number of carbonyl (C=O) groups is 2. The Morgan fingerprint density at radius 3 is 2.57 bits per heavy atom. The van der Waals surface area contributed by atoms with Crippen molar-refractivity contribution in [3.8, 4) is 0 Å². The number of piperidine rings is 1. The fourth-order valence-electron chi connectivity index (χ4n) is 3.94. The molecular weight excluding hydrogens is 488 g/mol. The molecule has 3 aromatic rings. The van der Waals surface area contributed by atoms with Crippen molar-refractivity contribution in [2.24, 2.45) is 5.92 Å². The van der Waals surface area contributed by atoms with Crippen molar-refractivity contribution in [2.75, 3.05) is 18.4 Å². The van der Waals surface area contributed by atoms with Gasteiger partial charge in [-0.1, -0.05) is 29.8 Å². The van der Waals surface area contributed by atoms with Gasteiger partial charge in [0.15, 0.2) is 0 Å². The molecule has 2 amide bonds. The Morgan fingerprint density at radius 2 is 1.83 bits per heavy atom. The fourth-order valence-corrected chi connectivity index (χ4v) is 5.59. The van der Waals surface area contributed by atoms with Crippen LogP contribution in [0.25, 0.3) is 0 Å². The number of amides is 2. The predicted molar refractivity (Wildman–Crippen MR) is 133 cm³/mol. The largest absolute Gasteiger partial charge is 0.348 e. The maximum atomic E-state index is 13.1. The zero-order valence-electron chi connectivity index (χ0n) is 18.9. The van der Waals surface area contributed by atoms with Crippen molar-refractivity contribution in [3.63, 3.8) is 0 Å². The number of para-hydroxylation sites is 1. The number of pyridine rings is 1.